The van der Waals surface area contributed by atoms with Crippen molar-refractivity contribution in [2.45, 2.75) is 19.4 Å². The average molecular weight is 241 g/mol. The molecule has 0 heterocycles. The first kappa shape index (κ1) is 13.4. The number of rotatable bonds is 6. The molecule has 1 atom stereocenters. The molecule has 1 rings (SSSR count). The van der Waals surface area contributed by atoms with Crippen LogP contribution in [0.15, 0.2) is 18.2 Å². The Hall–Kier alpha value is -1.62. The van der Waals surface area contributed by atoms with Gasteiger partial charge in [-0.3, -0.25) is 4.79 Å². The Bertz CT molecular complexity index is 395. The lowest BCUT2D eigenvalue weighted by Crippen LogP contribution is -2.35. The summed E-state index contributed by atoms with van der Waals surface area (Å²) in [4.78, 5) is 10.7. The first-order chi connectivity index (χ1) is 8.04. The molecule has 0 aliphatic heterocycles. The third-order valence-electron chi connectivity index (χ3n) is 2.45. The summed E-state index contributed by atoms with van der Waals surface area (Å²) in [6.45, 7) is 2.01. The summed E-state index contributed by atoms with van der Waals surface area (Å²) in [7, 11) is 1.59. The van der Waals surface area contributed by atoms with Crippen molar-refractivity contribution in [3.05, 3.63) is 29.6 Å². The Morgan fingerprint density at radius 2 is 2.29 bits per heavy atom. The van der Waals surface area contributed by atoms with E-state index >= 15 is 0 Å². The van der Waals surface area contributed by atoms with Crippen LogP contribution in [0.1, 0.15) is 12.0 Å². The van der Waals surface area contributed by atoms with E-state index < -0.39 is 12.0 Å². The molecule has 0 aliphatic carbocycles. The Morgan fingerprint density at radius 1 is 1.59 bits per heavy atom. The van der Waals surface area contributed by atoms with Crippen LogP contribution in [-0.4, -0.2) is 30.8 Å². The van der Waals surface area contributed by atoms with Crippen LogP contribution in [0.4, 0.5) is 4.39 Å². The first-order valence-corrected chi connectivity index (χ1v) is 5.33. The molecule has 0 spiro atoms. The maximum atomic E-state index is 12.8. The molecule has 17 heavy (non-hydrogen) atoms. The number of likely N-dealkylation sites (N-methyl/N-ethyl adjacent to an activating group) is 1. The maximum Gasteiger partial charge on any atom is 0.320 e. The quantitative estimate of drug-likeness (QED) is 0.793. The van der Waals surface area contributed by atoms with E-state index in [1.54, 1.807) is 20.0 Å². The predicted octanol–water partition coefficient (Wildman–Crippen LogP) is 1.58. The van der Waals surface area contributed by atoms with Crippen LogP contribution in [0.5, 0.6) is 5.75 Å². The number of hydrogen-bond donors (Lipinski definition) is 2. The molecule has 0 fully saturated rings. The number of aliphatic carboxylic acids is 1. The van der Waals surface area contributed by atoms with Gasteiger partial charge < -0.3 is 15.2 Å². The Balaban J connectivity index is 2.48. The van der Waals surface area contributed by atoms with E-state index in [-0.39, 0.29) is 12.4 Å². The van der Waals surface area contributed by atoms with Gasteiger partial charge in [-0.1, -0.05) is 0 Å². The largest absolute Gasteiger partial charge is 0.493 e. The fourth-order valence-corrected chi connectivity index (χ4v) is 1.45. The molecule has 0 bridgehead atoms. The van der Waals surface area contributed by atoms with E-state index in [2.05, 4.69) is 5.32 Å². The van der Waals surface area contributed by atoms with Crippen molar-refractivity contribution in [1.29, 1.82) is 0 Å². The van der Waals surface area contributed by atoms with E-state index in [0.717, 1.165) is 0 Å². The smallest absolute Gasteiger partial charge is 0.320 e. The zero-order chi connectivity index (χ0) is 12.8. The van der Waals surface area contributed by atoms with Gasteiger partial charge in [0.25, 0.3) is 0 Å². The molecule has 4 nitrogen and oxygen atoms in total. The molecule has 0 aromatic heterocycles. The fourth-order valence-electron chi connectivity index (χ4n) is 1.45. The molecule has 2 N–H and O–H groups in total. The van der Waals surface area contributed by atoms with E-state index in [1.807, 2.05) is 0 Å². The van der Waals surface area contributed by atoms with Gasteiger partial charge in [0.15, 0.2) is 0 Å². The van der Waals surface area contributed by atoms with Gasteiger partial charge in [0.2, 0.25) is 0 Å². The topological polar surface area (TPSA) is 58.6 Å². The number of nitrogens with one attached hydrogen (secondary N) is 1. The number of benzene rings is 1. The molecular weight excluding hydrogens is 225 g/mol. The summed E-state index contributed by atoms with van der Waals surface area (Å²) in [6.07, 6.45) is 0.350. The number of hydrogen-bond acceptors (Lipinski definition) is 3. The summed E-state index contributed by atoms with van der Waals surface area (Å²) in [5.74, 6) is -0.646. The summed E-state index contributed by atoms with van der Waals surface area (Å²) in [6, 6.07) is 3.60. The van der Waals surface area contributed by atoms with Gasteiger partial charge in [0.1, 0.15) is 17.6 Å². The van der Waals surface area contributed by atoms with Gasteiger partial charge in [-0.15, -0.1) is 0 Å². The molecule has 5 heteroatoms. The zero-order valence-electron chi connectivity index (χ0n) is 9.87. The highest BCUT2D eigenvalue weighted by atomic mass is 19.1. The number of halogens is 1. The van der Waals surface area contributed by atoms with Crippen LogP contribution >= 0.6 is 0 Å². The second kappa shape index (κ2) is 6.20. The number of carboxylic acids is 1. The molecular formula is C12H16FNO3. The molecule has 1 aromatic rings. The molecule has 0 aliphatic rings. The van der Waals surface area contributed by atoms with Gasteiger partial charge in [0.05, 0.1) is 6.61 Å². The zero-order valence-corrected chi connectivity index (χ0v) is 9.87. The van der Waals surface area contributed by atoms with Crippen LogP contribution < -0.4 is 10.1 Å². The van der Waals surface area contributed by atoms with E-state index in [0.29, 0.717) is 17.7 Å². The molecule has 1 unspecified atom stereocenters. The van der Waals surface area contributed by atoms with Gasteiger partial charge in [-0.05, 0) is 37.7 Å². The maximum absolute atomic E-state index is 12.8. The minimum Gasteiger partial charge on any atom is -0.493 e. The molecule has 94 valence electrons. The summed E-state index contributed by atoms with van der Waals surface area (Å²) < 4.78 is 18.2. The van der Waals surface area contributed by atoms with Crippen molar-refractivity contribution in [2.24, 2.45) is 0 Å². The lowest BCUT2D eigenvalue weighted by atomic mass is 10.2. The monoisotopic (exact) mass is 241 g/mol. The third kappa shape index (κ3) is 4.03. The van der Waals surface area contributed by atoms with Crippen molar-refractivity contribution in [3.63, 3.8) is 0 Å². The third-order valence-corrected chi connectivity index (χ3v) is 2.45. The van der Waals surface area contributed by atoms with Gasteiger partial charge in [-0.25, -0.2) is 4.39 Å². The SMILES string of the molecule is CNC(CCOc1ccc(F)cc1C)C(=O)O. The van der Waals surface area contributed by atoms with Crippen molar-refractivity contribution < 1.29 is 19.0 Å². The van der Waals surface area contributed by atoms with Crippen molar-refractivity contribution in [2.75, 3.05) is 13.7 Å². The number of aryl methyl sites for hydroxylation is 1. The van der Waals surface area contributed by atoms with Crippen LogP contribution in [0.25, 0.3) is 0 Å². The lowest BCUT2D eigenvalue weighted by molar-refractivity contribution is -0.139. The number of carboxylic acid groups (broad SMARTS) is 1. The Morgan fingerprint density at radius 3 is 2.82 bits per heavy atom. The molecule has 0 saturated carbocycles. The fraction of sp³-hybridized carbons (Fsp3) is 0.417. The van der Waals surface area contributed by atoms with Gasteiger partial charge in [-0.2, -0.15) is 0 Å². The normalized spacial score (nSPS) is 12.2. The van der Waals surface area contributed by atoms with Gasteiger partial charge >= 0.3 is 5.97 Å². The van der Waals surface area contributed by atoms with E-state index in [4.69, 9.17) is 9.84 Å². The molecule has 0 saturated heterocycles. The number of ether oxygens (including phenoxy) is 1. The van der Waals surface area contributed by atoms with Crippen molar-refractivity contribution in [3.8, 4) is 5.75 Å². The van der Waals surface area contributed by atoms with Crippen LogP contribution in [0, 0.1) is 12.7 Å². The summed E-state index contributed by atoms with van der Waals surface area (Å²) >= 11 is 0. The van der Waals surface area contributed by atoms with Crippen molar-refractivity contribution in [1.82, 2.24) is 5.32 Å². The van der Waals surface area contributed by atoms with Crippen LogP contribution in [0.2, 0.25) is 0 Å². The predicted molar refractivity (Wildman–Crippen MR) is 61.7 cm³/mol. The Labute approximate surface area is 99.4 Å². The lowest BCUT2D eigenvalue weighted by Gasteiger charge is -2.13. The standard InChI is InChI=1S/C12H16FNO3/c1-8-7-9(13)3-4-11(8)17-6-5-10(14-2)12(15)16/h3-4,7,10,14H,5-6H2,1-2H3,(H,15,16). The highest BCUT2D eigenvalue weighted by molar-refractivity contribution is 5.73. The molecule has 1 aromatic carbocycles. The second-order valence-corrected chi connectivity index (χ2v) is 3.73. The summed E-state index contributed by atoms with van der Waals surface area (Å²) in [5.41, 5.74) is 0.696. The minimum absolute atomic E-state index is 0.268. The first-order valence-electron chi connectivity index (χ1n) is 5.33. The highest BCUT2D eigenvalue weighted by Crippen LogP contribution is 2.18. The summed E-state index contributed by atoms with van der Waals surface area (Å²) in [5, 5.41) is 11.5. The molecule has 0 amide bonds. The molecule has 0 radical (unpaired) electrons. The van der Waals surface area contributed by atoms with E-state index in [1.165, 1.54) is 12.1 Å². The van der Waals surface area contributed by atoms with Crippen LogP contribution in [0.3, 0.4) is 0 Å². The van der Waals surface area contributed by atoms with E-state index in [9.17, 15) is 9.18 Å². The van der Waals surface area contributed by atoms with Crippen LogP contribution in [-0.2, 0) is 4.79 Å². The Kier molecular flexibility index (Phi) is 4.90. The minimum atomic E-state index is -0.910. The second-order valence-electron chi connectivity index (χ2n) is 3.73. The highest BCUT2D eigenvalue weighted by Gasteiger charge is 2.14. The van der Waals surface area contributed by atoms with Crippen molar-refractivity contribution >= 4 is 5.97 Å². The number of carbonyl (C=O) groups is 1. The average Bonchev–Trinajstić information content (AvgIpc) is 2.26. The van der Waals surface area contributed by atoms with Gasteiger partial charge in [0, 0.05) is 6.42 Å².